The fraction of sp³-hybridized carbons (Fsp3) is 0. The van der Waals surface area contributed by atoms with Gasteiger partial charge >= 0.3 is 0 Å². The van der Waals surface area contributed by atoms with Crippen LogP contribution in [-0.2, 0) is 0 Å². The van der Waals surface area contributed by atoms with Gasteiger partial charge in [-0.1, -0.05) is 28.1 Å². The lowest BCUT2D eigenvalue weighted by Crippen LogP contribution is -2.15. The van der Waals surface area contributed by atoms with Crippen molar-refractivity contribution in [1.29, 1.82) is 0 Å². The summed E-state index contributed by atoms with van der Waals surface area (Å²) in [6, 6.07) is 9.19. The lowest BCUT2D eigenvalue weighted by Gasteiger charge is -2.09. The van der Waals surface area contributed by atoms with Gasteiger partial charge in [0.25, 0.3) is 5.91 Å². The van der Waals surface area contributed by atoms with Crippen LogP contribution in [0.4, 0.5) is 10.1 Å². The Kier molecular flexibility index (Phi) is 5.08. The first-order chi connectivity index (χ1) is 9.88. The summed E-state index contributed by atoms with van der Waals surface area (Å²) >= 11 is 11.4. The van der Waals surface area contributed by atoms with Crippen LogP contribution in [0.25, 0.3) is 0 Å². The van der Waals surface area contributed by atoms with E-state index >= 15 is 0 Å². The molecule has 0 atom stereocenters. The summed E-state index contributed by atoms with van der Waals surface area (Å²) in [5.74, 6) is -1.14. The number of halogens is 3. The summed E-state index contributed by atoms with van der Waals surface area (Å²) in [6.45, 7) is 0. The summed E-state index contributed by atoms with van der Waals surface area (Å²) in [4.78, 5) is 12.4. The third-order valence-corrected chi connectivity index (χ3v) is 4.06. The van der Waals surface area contributed by atoms with Crippen molar-refractivity contribution in [2.75, 3.05) is 5.32 Å². The Morgan fingerprint density at radius 1 is 1.19 bits per heavy atom. The molecule has 7 heteroatoms. The topological polar surface area (TPSA) is 55.1 Å². The third-order valence-electron chi connectivity index (χ3n) is 2.67. The molecule has 0 heterocycles. The number of nitrogens with one attached hydrogen (secondary N) is 1. The lowest BCUT2D eigenvalue weighted by molar-refractivity contribution is 0.102. The van der Waals surface area contributed by atoms with E-state index in [1.54, 1.807) is 18.2 Å². The smallest absolute Gasteiger partial charge is 0.258 e. The highest BCUT2D eigenvalue weighted by atomic mass is 79.9. The summed E-state index contributed by atoms with van der Waals surface area (Å²) in [5.41, 5.74) is 6.65. The molecule has 2 aromatic rings. The zero-order valence-corrected chi connectivity index (χ0v) is 14.5. The van der Waals surface area contributed by atoms with E-state index in [-0.39, 0.29) is 10.6 Å². The van der Waals surface area contributed by atoms with Gasteiger partial charge in [0.05, 0.1) is 11.3 Å². The summed E-state index contributed by atoms with van der Waals surface area (Å²) in [5, 5.41) is 2.63. The van der Waals surface area contributed by atoms with E-state index in [0.29, 0.717) is 20.2 Å². The van der Waals surface area contributed by atoms with Crippen LogP contribution in [-0.4, -0.2) is 10.9 Å². The van der Waals surface area contributed by atoms with E-state index in [1.807, 2.05) is 0 Å². The van der Waals surface area contributed by atoms with Crippen molar-refractivity contribution >= 4 is 60.7 Å². The van der Waals surface area contributed by atoms with Crippen molar-refractivity contribution in [2.24, 2.45) is 5.73 Å². The fourth-order valence-corrected chi connectivity index (χ4v) is 2.60. The maximum absolute atomic E-state index is 13.7. The Hall–Kier alpha value is -1.31. The monoisotopic (exact) mass is 430 g/mol. The molecule has 0 saturated carbocycles. The Balaban J connectivity index is 2.27. The second kappa shape index (κ2) is 6.64. The van der Waals surface area contributed by atoms with Gasteiger partial charge in [0, 0.05) is 14.5 Å². The number of carbonyl (C=O) groups excluding carboxylic acids is 1. The van der Waals surface area contributed by atoms with Gasteiger partial charge in [-0.3, -0.25) is 4.79 Å². The van der Waals surface area contributed by atoms with Crippen molar-refractivity contribution < 1.29 is 9.18 Å². The molecule has 0 aliphatic carbocycles. The zero-order valence-electron chi connectivity index (χ0n) is 10.5. The molecular formula is C14H9Br2FN2OS. The maximum atomic E-state index is 13.7. The molecule has 0 aliphatic rings. The van der Waals surface area contributed by atoms with Gasteiger partial charge in [0.15, 0.2) is 0 Å². The minimum Gasteiger partial charge on any atom is -0.389 e. The van der Waals surface area contributed by atoms with Crippen LogP contribution < -0.4 is 11.1 Å². The van der Waals surface area contributed by atoms with Crippen LogP contribution in [0, 0.1) is 5.82 Å². The molecule has 2 aromatic carbocycles. The van der Waals surface area contributed by atoms with E-state index in [2.05, 4.69) is 37.2 Å². The molecule has 0 aliphatic heterocycles. The predicted octanol–water partition coefficient (Wildman–Crippen LogP) is 4.24. The van der Waals surface area contributed by atoms with E-state index < -0.39 is 11.7 Å². The first kappa shape index (κ1) is 16.1. The van der Waals surface area contributed by atoms with E-state index in [0.717, 1.165) is 0 Å². The van der Waals surface area contributed by atoms with Crippen LogP contribution in [0.3, 0.4) is 0 Å². The highest BCUT2D eigenvalue weighted by Gasteiger charge is 2.14. The number of nitrogens with two attached hydrogens (primary N) is 1. The number of thiocarbonyl (C=S) groups is 1. The van der Waals surface area contributed by atoms with E-state index in [4.69, 9.17) is 18.0 Å². The molecule has 0 radical (unpaired) electrons. The average molecular weight is 432 g/mol. The quantitative estimate of drug-likeness (QED) is 0.714. The largest absolute Gasteiger partial charge is 0.389 e. The molecule has 21 heavy (non-hydrogen) atoms. The van der Waals surface area contributed by atoms with Crippen LogP contribution in [0.2, 0.25) is 0 Å². The van der Waals surface area contributed by atoms with Crippen molar-refractivity contribution in [2.45, 2.75) is 0 Å². The summed E-state index contributed by atoms with van der Waals surface area (Å²) in [7, 11) is 0. The number of rotatable bonds is 3. The number of hydrogen-bond acceptors (Lipinski definition) is 2. The Morgan fingerprint density at radius 3 is 2.52 bits per heavy atom. The molecule has 0 fully saturated rings. The second-order valence-corrected chi connectivity index (χ2v) is 6.35. The molecular weight excluding hydrogens is 423 g/mol. The number of anilines is 1. The zero-order chi connectivity index (χ0) is 15.6. The standard InChI is InChI=1S/C14H9Br2FN2OS/c15-8-2-3-11(17)9(6-8)14(20)19-12-4-1-7(13(18)21)5-10(12)16/h1-6H,(H2,18,21)(H,19,20). The highest BCUT2D eigenvalue weighted by molar-refractivity contribution is 9.10. The Labute approximate surface area is 143 Å². The number of benzene rings is 2. The van der Waals surface area contributed by atoms with Crippen LogP contribution in [0.5, 0.6) is 0 Å². The molecule has 0 spiro atoms. The van der Waals surface area contributed by atoms with E-state index in [1.165, 1.54) is 18.2 Å². The predicted molar refractivity (Wildman–Crippen MR) is 92.1 cm³/mol. The summed E-state index contributed by atoms with van der Waals surface area (Å²) in [6.07, 6.45) is 0. The molecule has 1 amide bonds. The third kappa shape index (κ3) is 3.87. The van der Waals surface area contributed by atoms with Crippen LogP contribution in [0.15, 0.2) is 45.3 Å². The van der Waals surface area contributed by atoms with Gasteiger partial charge in [0.1, 0.15) is 10.8 Å². The molecule has 2 rings (SSSR count). The van der Waals surface area contributed by atoms with Crippen molar-refractivity contribution in [3.8, 4) is 0 Å². The SMILES string of the molecule is NC(=S)c1ccc(NC(=O)c2cc(Br)ccc2F)c(Br)c1. The lowest BCUT2D eigenvalue weighted by atomic mass is 10.1. The van der Waals surface area contributed by atoms with Gasteiger partial charge < -0.3 is 11.1 Å². The molecule has 108 valence electrons. The van der Waals surface area contributed by atoms with E-state index in [9.17, 15) is 9.18 Å². The number of hydrogen-bond donors (Lipinski definition) is 2. The van der Waals surface area contributed by atoms with Gasteiger partial charge in [-0.15, -0.1) is 0 Å². The molecule has 3 N–H and O–H groups in total. The first-order valence-corrected chi connectivity index (χ1v) is 7.73. The number of carbonyl (C=O) groups is 1. The second-order valence-electron chi connectivity index (χ2n) is 4.14. The molecule has 0 saturated heterocycles. The van der Waals surface area contributed by atoms with Gasteiger partial charge in [0.2, 0.25) is 0 Å². The minimum absolute atomic E-state index is 0.0466. The van der Waals surface area contributed by atoms with Gasteiger partial charge in [-0.25, -0.2) is 4.39 Å². The Bertz CT molecular complexity index is 737. The van der Waals surface area contributed by atoms with Crippen molar-refractivity contribution in [1.82, 2.24) is 0 Å². The maximum Gasteiger partial charge on any atom is 0.258 e. The minimum atomic E-state index is -0.591. The van der Waals surface area contributed by atoms with Crippen molar-refractivity contribution in [3.63, 3.8) is 0 Å². The Morgan fingerprint density at radius 2 is 1.90 bits per heavy atom. The van der Waals surface area contributed by atoms with Crippen LogP contribution in [0.1, 0.15) is 15.9 Å². The van der Waals surface area contributed by atoms with Gasteiger partial charge in [-0.05, 0) is 52.3 Å². The molecule has 0 aromatic heterocycles. The van der Waals surface area contributed by atoms with Crippen molar-refractivity contribution in [3.05, 3.63) is 62.3 Å². The van der Waals surface area contributed by atoms with Gasteiger partial charge in [-0.2, -0.15) is 0 Å². The van der Waals surface area contributed by atoms with Crippen LogP contribution >= 0.6 is 44.1 Å². The fourth-order valence-electron chi connectivity index (χ4n) is 1.63. The molecule has 0 bridgehead atoms. The average Bonchev–Trinajstić information content (AvgIpc) is 2.43. The normalized spacial score (nSPS) is 10.2. The molecule has 3 nitrogen and oxygen atoms in total. The highest BCUT2D eigenvalue weighted by Crippen LogP contribution is 2.25. The first-order valence-electron chi connectivity index (χ1n) is 5.74. The number of amides is 1. The summed E-state index contributed by atoms with van der Waals surface area (Å²) < 4.78 is 14.9. The molecule has 0 unspecified atom stereocenters.